The van der Waals surface area contributed by atoms with Gasteiger partial charge in [0.2, 0.25) is 0 Å². The van der Waals surface area contributed by atoms with E-state index in [1.807, 2.05) is 0 Å². The summed E-state index contributed by atoms with van der Waals surface area (Å²) >= 11 is 0. The lowest BCUT2D eigenvalue weighted by molar-refractivity contribution is -0.147. The van der Waals surface area contributed by atoms with Crippen LogP contribution >= 0.6 is 0 Å². The smallest absolute Gasteiger partial charge is 0.350 e. The molecular weight excluding hydrogens is 222 g/mol. The highest BCUT2D eigenvalue weighted by Gasteiger charge is 2.29. The van der Waals surface area contributed by atoms with Gasteiger partial charge < -0.3 is 5.11 Å². The Morgan fingerprint density at radius 2 is 2.18 bits per heavy atom. The Hall–Kier alpha value is -2.11. The summed E-state index contributed by atoms with van der Waals surface area (Å²) in [6.07, 6.45) is 1.61. The van der Waals surface area contributed by atoms with E-state index in [-0.39, 0.29) is 12.2 Å². The molecule has 0 aliphatic heterocycles. The Labute approximate surface area is 97.1 Å². The molecule has 0 unspecified atom stereocenters. The molecule has 0 fully saturated rings. The average molecular weight is 235 g/mol. The molecule has 0 aromatic carbocycles. The molecule has 17 heavy (non-hydrogen) atoms. The molecule has 0 saturated heterocycles. The van der Waals surface area contributed by atoms with Gasteiger partial charge in [-0.3, -0.25) is 9.20 Å². The molecule has 0 aliphatic rings. The first-order valence-electron chi connectivity index (χ1n) is 5.19. The molecule has 0 spiro atoms. The molecule has 0 atom stereocenters. The zero-order valence-corrected chi connectivity index (χ0v) is 9.62. The predicted molar refractivity (Wildman–Crippen MR) is 60.9 cm³/mol. The molecule has 2 heterocycles. The minimum Gasteiger partial charge on any atom is -0.481 e. The monoisotopic (exact) mass is 235 g/mol. The molecule has 0 radical (unpaired) electrons. The summed E-state index contributed by atoms with van der Waals surface area (Å²) in [5, 5.41) is 13.1. The molecule has 1 N–H and O–H groups in total. The van der Waals surface area contributed by atoms with Crippen LogP contribution in [0.5, 0.6) is 0 Å². The van der Waals surface area contributed by atoms with Crippen molar-refractivity contribution in [1.82, 2.24) is 14.2 Å². The van der Waals surface area contributed by atoms with E-state index >= 15 is 0 Å². The normalized spacial score (nSPS) is 11.9. The van der Waals surface area contributed by atoms with Crippen LogP contribution in [0.4, 0.5) is 0 Å². The molecule has 90 valence electrons. The molecule has 6 heteroatoms. The van der Waals surface area contributed by atoms with Crippen molar-refractivity contribution in [3.05, 3.63) is 34.9 Å². The van der Waals surface area contributed by atoms with E-state index in [1.54, 1.807) is 38.2 Å². The molecular formula is C11H13N3O3. The Morgan fingerprint density at radius 1 is 1.47 bits per heavy atom. The van der Waals surface area contributed by atoms with Gasteiger partial charge in [-0.15, -0.1) is 5.10 Å². The molecule has 0 aliphatic carbocycles. The number of rotatable bonds is 3. The van der Waals surface area contributed by atoms with Crippen molar-refractivity contribution in [2.75, 3.05) is 0 Å². The fraction of sp³-hybridized carbons (Fsp3) is 0.364. The fourth-order valence-corrected chi connectivity index (χ4v) is 1.51. The number of hydrogen-bond acceptors (Lipinski definition) is 3. The fourth-order valence-electron chi connectivity index (χ4n) is 1.51. The Kier molecular flexibility index (Phi) is 2.49. The number of aliphatic carboxylic acids is 1. The number of aromatic nitrogens is 3. The van der Waals surface area contributed by atoms with Crippen molar-refractivity contribution in [2.45, 2.75) is 20.4 Å². The third-order valence-electron chi connectivity index (χ3n) is 2.61. The molecule has 0 saturated carbocycles. The predicted octanol–water partition coefficient (Wildman–Crippen LogP) is 0.607. The maximum absolute atomic E-state index is 11.9. The topological polar surface area (TPSA) is 76.6 Å². The second-order valence-electron chi connectivity index (χ2n) is 4.56. The van der Waals surface area contributed by atoms with E-state index in [0.29, 0.717) is 5.65 Å². The lowest BCUT2D eigenvalue weighted by atomic mass is 9.94. The van der Waals surface area contributed by atoms with Crippen LogP contribution in [0.3, 0.4) is 0 Å². The van der Waals surface area contributed by atoms with Crippen LogP contribution in [0, 0.1) is 5.41 Å². The third kappa shape index (κ3) is 1.93. The van der Waals surface area contributed by atoms with Crippen LogP contribution in [0.25, 0.3) is 5.65 Å². The summed E-state index contributed by atoms with van der Waals surface area (Å²) in [5.41, 5.74) is -0.837. The SMILES string of the molecule is CC(C)(Cn1nc2ccccn2c1=O)C(=O)O. The van der Waals surface area contributed by atoms with Gasteiger partial charge in [0.25, 0.3) is 0 Å². The second-order valence-corrected chi connectivity index (χ2v) is 4.56. The lowest BCUT2D eigenvalue weighted by Gasteiger charge is -2.17. The Morgan fingerprint density at radius 3 is 2.76 bits per heavy atom. The molecule has 2 aromatic rings. The maximum atomic E-state index is 11.9. The van der Waals surface area contributed by atoms with Crippen LogP contribution < -0.4 is 5.69 Å². The number of hydrogen-bond donors (Lipinski definition) is 1. The number of nitrogens with zero attached hydrogens (tertiary/aromatic N) is 3. The summed E-state index contributed by atoms with van der Waals surface area (Å²) in [6, 6.07) is 5.20. The van der Waals surface area contributed by atoms with E-state index in [2.05, 4.69) is 5.10 Å². The van der Waals surface area contributed by atoms with Crippen LogP contribution in [-0.2, 0) is 11.3 Å². The van der Waals surface area contributed by atoms with Crippen molar-refractivity contribution < 1.29 is 9.90 Å². The molecule has 0 amide bonds. The first kappa shape index (κ1) is 11.4. The maximum Gasteiger partial charge on any atom is 0.350 e. The molecule has 2 rings (SSSR count). The van der Waals surface area contributed by atoms with Gasteiger partial charge in [-0.2, -0.15) is 0 Å². The van der Waals surface area contributed by atoms with Crippen LogP contribution in [0.1, 0.15) is 13.8 Å². The number of carboxylic acid groups (broad SMARTS) is 1. The van der Waals surface area contributed by atoms with Crippen LogP contribution in [0.15, 0.2) is 29.2 Å². The number of fused-ring (bicyclic) bond motifs is 1. The minimum atomic E-state index is -1.03. The van der Waals surface area contributed by atoms with Gasteiger partial charge in [0.05, 0.1) is 12.0 Å². The quantitative estimate of drug-likeness (QED) is 0.845. The zero-order chi connectivity index (χ0) is 12.6. The van der Waals surface area contributed by atoms with Gasteiger partial charge in [-0.05, 0) is 26.0 Å². The summed E-state index contributed by atoms with van der Waals surface area (Å²) in [5.74, 6) is -0.957. The van der Waals surface area contributed by atoms with Gasteiger partial charge in [0.15, 0.2) is 5.65 Å². The lowest BCUT2D eigenvalue weighted by Crippen LogP contribution is -2.34. The van der Waals surface area contributed by atoms with Crippen molar-refractivity contribution in [2.24, 2.45) is 5.41 Å². The summed E-state index contributed by atoms with van der Waals surface area (Å²) in [6.45, 7) is 3.17. The van der Waals surface area contributed by atoms with E-state index < -0.39 is 11.4 Å². The minimum absolute atomic E-state index is 0.0445. The highest BCUT2D eigenvalue weighted by Crippen LogP contribution is 2.16. The van der Waals surface area contributed by atoms with Crippen LogP contribution in [-0.4, -0.2) is 25.3 Å². The van der Waals surface area contributed by atoms with E-state index in [0.717, 1.165) is 0 Å². The number of carbonyl (C=O) groups is 1. The second kappa shape index (κ2) is 3.73. The van der Waals surface area contributed by atoms with Gasteiger partial charge in [-0.1, -0.05) is 6.07 Å². The zero-order valence-electron chi connectivity index (χ0n) is 9.62. The van der Waals surface area contributed by atoms with Crippen molar-refractivity contribution in [3.63, 3.8) is 0 Å². The highest BCUT2D eigenvalue weighted by atomic mass is 16.4. The molecule has 0 bridgehead atoms. The van der Waals surface area contributed by atoms with E-state index in [4.69, 9.17) is 5.11 Å². The van der Waals surface area contributed by atoms with Crippen molar-refractivity contribution in [1.29, 1.82) is 0 Å². The third-order valence-corrected chi connectivity index (χ3v) is 2.61. The number of pyridine rings is 1. The standard InChI is InChI=1S/C11H13N3O3/c1-11(2,9(15)16)7-14-10(17)13-6-4-3-5-8(13)12-14/h3-6H,7H2,1-2H3,(H,15,16). The van der Waals surface area contributed by atoms with Gasteiger partial charge >= 0.3 is 11.7 Å². The number of carboxylic acids is 1. The van der Waals surface area contributed by atoms with Gasteiger partial charge in [0, 0.05) is 6.20 Å². The first-order valence-corrected chi connectivity index (χ1v) is 5.19. The van der Waals surface area contributed by atoms with Crippen molar-refractivity contribution >= 4 is 11.6 Å². The van der Waals surface area contributed by atoms with Crippen LogP contribution in [0.2, 0.25) is 0 Å². The van der Waals surface area contributed by atoms with E-state index in [1.165, 1.54) is 9.08 Å². The van der Waals surface area contributed by atoms with E-state index in [9.17, 15) is 9.59 Å². The average Bonchev–Trinajstić information content (AvgIpc) is 2.56. The van der Waals surface area contributed by atoms with Gasteiger partial charge in [-0.25, -0.2) is 9.48 Å². The summed E-state index contributed by atoms with van der Waals surface area (Å²) in [7, 11) is 0. The van der Waals surface area contributed by atoms with Crippen molar-refractivity contribution in [3.8, 4) is 0 Å². The Bertz CT molecular complexity index is 624. The first-order chi connectivity index (χ1) is 7.92. The molecule has 6 nitrogen and oxygen atoms in total. The largest absolute Gasteiger partial charge is 0.481 e. The summed E-state index contributed by atoms with van der Waals surface area (Å²) < 4.78 is 2.57. The highest BCUT2D eigenvalue weighted by molar-refractivity contribution is 5.73. The summed E-state index contributed by atoms with van der Waals surface area (Å²) in [4.78, 5) is 22.9. The Balaban J connectivity index is 2.47. The van der Waals surface area contributed by atoms with Gasteiger partial charge in [0.1, 0.15) is 0 Å². The molecule has 2 aromatic heterocycles.